The van der Waals surface area contributed by atoms with Crippen molar-refractivity contribution >= 4 is 26.0 Å². The van der Waals surface area contributed by atoms with Crippen molar-refractivity contribution in [3.8, 4) is 0 Å². The largest absolute Gasteiger partial charge is 0.271 e. The summed E-state index contributed by atoms with van der Waals surface area (Å²) < 4.78 is 28.4. The molecule has 0 saturated heterocycles. The van der Waals surface area contributed by atoms with Crippen LogP contribution in [0.25, 0.3) is 0 Å². The standard InChI is InChI=1S/C13H16BrN3O2S/c1-11-9-15-17(10-11)7-6-16-20(18,19)13-4-2-12(8-14)3-5-13/h2-5,9-10,16H,6-8H2,1H3. The van der Waals surface area contributed by atoms with E-state index in [0.29, 0.717) is 18.4 Å². The molecule has 1 aromatic carbocycles. The van der Waals surface area contributed by atoms with E-state index in [1.54, 1.807) is 35.1 Å². The second kappa shape index (κ2) is 6.51. The fourth-order valence-corrected chi connectivity index (χ4v) is 3.12. The molecule has 0 atom stereocenters. The van der Waals surface area contributed by atoms with Gasteiger partial charge in [-0.2, -0.15) is 5.10 Å². The zero-order valence-electron chi connectivity index (χ0n) is 11.1. The predicted octanol–water partition coefficient (Wildman–Crippen LogP) is 2.06. The van der Waals surface area contributed by atoms with Crippen LogP contribution in [0, 0.1) is 6.92 Å². The quantitative estimate of drug-likeness (QED) is 0.804. The summed E-state index contributed by atoms with van der Waals surface area (Å²) >= 11 is 3.33. The maximum atomic E-state index is 12.1. The molecule has 0 fully saturated rings. The van der Waals surface area contributed by atoms with Gasteiger partial charge in [0.05, 0.1) is 17.6 Å². The molecule has 0 saturated carbocycles. The van der Waals surface area contributed by atoms with Gasteiger partial charge in [0.1, 0.15) is 0 Å². The number of nitrogens with one attached hydrogen (secondary N) is 1. The van der Waals surface area contributed by atoms with Gasteiger partial charge >= 0.3 is 0 Å². The number of nitrogens with zero attached hydrogens (tertiary/aromatic N) is 2. The Balaban J connectivity index is 1.96. The highest BCUT2D eigenvalue weighted by molar-refractivity contribution is 9.08. The van der Waals surface area contributed by atoms with Crippen LogP contribution >= 0.6 is 15.9 Å². The van der Waals surface area contributed by atoms with E-state index in [0.717, 1.165) is 11.1 Å². The molecule has 7 heteroatoms. The van der Waals surface area contributed by atoms with Gasteiger partial charge in [0.25, 0.3) is 0 Å². The number of aromatic nitrogens is 2. The van der Waals surface area contributed by atoms with Crippen molar-refractivity contribution in [2.24, 2.45) is 0 Å². The first kappa shape index (κ1) is 15.2. The number of rotatable bonds is 6. The molecule has 2 aromatic rings. The maximum absolute atomic E-state index is 12.1. The van der Waals surface area contributed by atoms with Crippen molar-refractivity contribution in [3.05, 3.63) is 47.8 Å². The molecule has 1 aromatic heterocycles. The van der Waals surface area contributed by atoms with E-state index >= 15 is 0 Å². The Morgan fingerprint density at radius 3 is 2.55 bits per heavy atom. The van der Waals surface area contributed by atoms with E-state index in [9.17, 15) is 8.42 Å². The molecule has 20 heavy (non-hydrogen) atoms. The van der Waals surface area contributed by atoms with Crippen LogP contribution in [0.2, 0.25) is 0 Å². The number of hydrogen-bond acceptors (Lipinski definition) is 3. The molecule has 5 nitrogen and oxygen atoms in total. The van der Waals surface area contributed by atoms with Gasteiger partial charge in [-0.15, -0.1) is 0 Å². The van der Waals surface area contributed by atoms with Gasteiger partial charge < -0.3 is 0 Å². The molecule has 0 bridgehead atoms. The van der Waals surface area contributed by atoms with Gasteiger partial charge in [-0.1, -0.05) is 28.1 Å². The third-order valence-electron chi connectivity index (χ3n) is 2.78. The Morgan fingerprint density at radius 2 is 2.00 bits per heavy atom. The molecule has 0 aliphatic heterocycles. The Hall–Kier alpha value is -1.18. The second-order valence-corrected chi connectivity index (χ2v) is 6.78. The molecule has 0 aliphatic carbocycles. The van der Waals surface area contributed by atoms with Gasteiger partial charge in [-0.3, -0.25) is 4.68 Å². The molecular weight excluding hydrogens is 342 g/mol. The highest BCUT2D eigenvalue weighted by Crippen LogP contribution is 2.12. The van der Waals surface area contributed by atoms with Crippen molar-refractivity contribution in [1.29, 1.82) is 0 Å². The third-order valence-corrected chi connectivity index (χ3v) is 4.91. The summed E-state index contributed by atoms with van der Waals surface area (Å²) in [6, 6.07) is 6.80. The average molecular weight is 358 g/mol. The second-order valence-electron chi connectivity index (χ2n) is 4.46. The molecule has 0 unspecified atom stereocenters. The van der Waals surface area contributed by atoms with Crippen LogP contribution in [-0.4, -0.2) is 24.7 Å². The number of hydrogen-bond donors (Lipinski definition) is 1. The monoisotopic (exact) mass is 357 g/mol. The highest BCUT2D eigenvalue weighted by atomic mass is 79.9. The van der Waals surface area contributed by atoms with Gasteiger partial charge in [-0.05, 0) is 30.2 Å². The molecule has 0 aliphatic rings. The summed E-state index contributed by atoms with van der Waals surface area (Å²) in [5.74, 6) is 0. The molecule has 1 heterocycles. The lowest BCUT2D eigenvalue weighted by atomic mass is 10.2. The summed E-state index contributed by atoms with van der Waals surface area (Å²) in [5.41, 5.74) is 2.09. The summed E-state index contributed by atoms with van der Waals surface area (Å²) in [6.07, 6.45) is 3.62. The van der Waals surface area contributed by atoms with Crippen LogP contribution in [-0.2, 0) is 21.9 Å². The lowest BCUT2D eigenvalue weighted by molar-refractivity contribution is 0.561. The van der Waals surface area contributed by atoms with Crippen molar-refractivity contribution in [1.82, 2.24) is 14.5 Å². The number of aryl methyl sites for hydroxylation is 1. The van der Waals surface area contributed by atoms with Crippen molar-refractivity contribution in [3.63, 3.8) is 0 Å². The van der Waals surface area contributed by atoms with E-state index < -0.39 is 10.0 Å². The predicted molar refractivity (Wildman–Crippen MR) is 81.2 cm³/mol. The minimum atomic E-state index is -3.46. The number of halogens is 1. The van der Waals surface area contributed by atoms with Crippen molar-refractivity contribution in [2.45, 2.75) is 23.7 Å². The molecule has 0 amide bonds. The third kappa shape index (κ3) is 3.91. The summed E-state index contributed by atoms with van der Waals surface area (Å²) in [4.78, 5) is 0.277. The maximum Gasteiger partial charge on any atom is 0.240 e. The van der Waals surface area contributed by atoms with E-state index in [2.05, 4.69) is 25.8 Å². The fourth-order valence-electron chi connectivity index (χ4n) is 1.72. The first-order valence-corrected chi connectivity index (χ1v) is 8.75. The fraction of sp³-hybridized carbons (Fsp3) is 0.308. The lowest BCUT2D eigenvalue weighted by Gasteiger charge is -2.07. The number of sulfonamides is 1. The topological polar surface area (TPSA) is 64.0 Å². The van der Waals surface area contributed by atoms with E-state index in [1.807, 2.05) is 13.1 Å². The summed E-state index contributed by atoms with van der Waals surface area (Å²) in [7, 11) is -3.46. The first-order valence-electron chi connectivity index (χ1n) is 6.15. The van der Waals surface area contributed by atoms with E-state index in [1.165, 1.54) is 0 Å². The Morgan fingerprint density at radius 1 is 1.30 bits per heavy atom. The molecule has 2 rings (SSSR count). The highest BCUT2D eigenvalue weighted by Gasteiger charge is 2.12. The SMILES string of the molecule is Cc1cnn(CCNS(=O)(=O)c2ccc(CBr)cc2)c1. The van der Waals surface area contributed by atoms with Gasteiger partial charge in [0.15, 0.2) is 0 Å². The van der Waals surface area contributed by atoms with Crippen molar-refractivity contribution in [2.75, 3.05) is 6.54 Å². The number of benzene rings is 1. The number of alkyl halides is 1. The molecular formula is C13H16BrN3O2S. The van der Waals surface area contributed by atoms with Gasteiger partial charge in [0, 0.05) is 18.1 Å². The van der Waals surface area contributed by atoms with Gasteiger partial charge in [-0.25, -0.2) is 13.1 Å². The minimum absolute atomic E-state index is 0.277. The first-order chi connectivity index (χ1) is 9.51. The zero-order chi connectivity index (χ0) is 14.6. The molecule has 0 radical (unpaired) electrons. The van der Waals surface area contributed by atoms with E-state index in [-0.39, 0.29) is 4.90 Å². The average Bonchev–Trinajstić information content (AvgIpc) is 2.84. The molecule has 108 valence electrons. The molecule has 0 spiro atoms. The summed E-state index contributed by atoms with van der Waals surface area (Å²) in [6.45, 7) is 2.76. The molecule has 1 N–H and O–H groups in total. The zero-order valence-corrected chi connectivity index (χ0v) is 13.5. The van der Waals surface area contributed by atoms with Crippen LogP contribution in [0.5, 0.6) is 0 Å². The van der Waals surface area contributed by atoms with Crippen LogP contribution in [0.4, 0.5) is 0 Å². The van der Waals surface area contributed by atoms with Crippen LogP contribution in [0.3, 0.4) is 0 Å². The normalized spacial score (nSPS) is 11.7. The Bertz CT molecular complexity index is 665. The Kier molecular flexibility index (Phi) is 4.95. The minimum Gasteiger partial charge on any atom is -0.271 e. The van der Waals surface area contributed by atoms with Crippen LogP contribution in [0.1, 0.15) is 11.1 Å². The van der Waals surface area contributed by atoms with Crippen molar-refractivity contribution < 1.29 is 8.42 Å². The van der Waals surface area contributed by atoms with E-state index in [4.69, 9.17) is 0 Å². The summed E-state index contributed by atoms with van der Waals surface area (Å²) in [5, 5.41) is 4.82. The van der Waals surface area contributed by atoms with Crippen LogP contribution in [0.15, 0.2) is 41.6 Å². The van der Waals surface area contributed by atoms with Crippen LogP contribution < -0.4 is 4.72 Å². The Labute approximate surface area is 127 Å². The lowest BCUT2D eigenvalue weighted by Crippen LogP contribution is -2.27. The smallest absolute Gasteiger partial charge is 0.240 e. The van der Waals surface area contributed by atoms with Gasteiger partial charge in [0.2, 0.25) is 10.0 Å².